The van der Waals surface area contributed by atoms with E-state index in [9.17, 15) is 9.59 Å². The van der Waals surface area contributed by atoms with Gasteiger partial charge in [0.25, 0.3) is 5.91 Å². The fourth-order valence-corrected chi connectivity index (χ4v) is 4.26. The molecular weight excluding hydrogens is 488 g/mol. The van der Waals surface area contributed by atoms with Gasteiger partial charge in [0.1, 0.15) is 5.52 Å². The summed E-state index contributed by atoms with van der Waals surface area (Å²) in [5.41, 5.74) is 7.02. The standard InChI is InChI=1S/C29H25ClN4O3/c1-3-4-8-26(35)33-28(36)19-11-9-18(10-12-19)20-6-5-7-21(14-20)27-22(16-31-34-27)29-32-24-15-23(30)17(2)13-25(24)37-29/h5-7,9-16H,3-4,8H2,1-2H3,(H,31,34)(H,33,35,36). The van der Waals surface area contributed by atoms with Crippen LogP contribution < -0.4 is 5.32 Å². The number of amides is 2. The first kappa shape index (κ1) is 24.5. The first-order valence-electron chi connectivity index (χ1n) is 12.1. The summed E-state index contributed by atoms with van der Waals surface area (Å²) in [5.74, 6) is -0.191. The van der Waals surface area contributed by atoms with Gasteiger partial charge in [0.2, 0.25) is 11.8 Å². The molecule has 2 aromatic heterocycles. The van der Waals surface area contributed by atoms with Gasteiger partial charge in [-0.2, -0.15) is 5.10 Å². The molecule has 5 rings (SSSR count). The predicted molar refractivity (Wildman–Crippen MR) is 144 cm³/mol. The summed E-state index contributed by atoms with van der Waals surface area (Å²) >= 11 is 6.25. The minimum Gasteiger partial charge on any atom is -0.436 e. The molecule has 0 atom stereocenters. The molecule has 0 saturated heterocycles. The zero-order valence-corrected chi connectivity index (χ0v) is 21.2. The van der Waals surface area contributed by atoms with Crippen molar-refractivity contribution in [1.29, 1.82) is 0 Å². The van der Waals surface area contributed by atoms with Gasteiger partial charge in [-0.1, -0.05) is 55.3 Å². The number of H-pyrrole nitrogens is 1. The monoisotopic (exact) mass is 512 g/mol. The molecule has 8 heteroatoms. The lowest BCUT2D eigenvalue weighted by molar-refractivity contribution is -0.120. The molecule has 0 bridgehead atoms. The SMILES string of the molecule is CCCCC(=O)NC(=O)c1ccc(-c2cccc(-c3[nH]ncc3-c3nc4cc(Cl)c(C)cc4o3)c2)cc1. The quantitative estimate of drug-likeness (QED) is 0.245. The van der Waals surface area contributed by atoms with Gasteiger partial charge in [-0.15, -0.1) is 0 Å². The lowest BCUT2D eigenvalue weighted by Crippen LogP contribution is -2.30. The van der Waals surface area contributed by atoms with Gasteiger partial charge in [0, 0.05) is 22.6 Å². The highest BCUT2D eigenvalue weighted by molar-refractivity contribution is 6.32. The molecule has 0 unspecified atom stereocenters. The largest absolute Gasteiger partial charge is 0.436 e. The Balaban J connectivity index is 1.39. The number of nitrogens with one attached hydrogen (secondary N) is 2. The van der Waals surface area contributed by atoms with Crippen molar-refractivity contribution in [2.45, 2.75) is 33.1 Å². The molecule has 0 aliphatic rings. The maximum absolute atomic E-state index is 12.4. The van der Waals surface area contributed by atoms with Crippen LogP contribution >= 0.6 is 11.6 Å². The van der Waals surface area contributed by atoms with Crippen LogP contribution in [0.4, 0.5) is 0 Å². The summed E-state index contributed by atoms with van der Waals surface area (Å²) in [6.07, 6.45) is 3.70. The number of fused-ring (bicyclic) bond motifs is 1. The third kappa shape index (κ3) is 5.17. The molecule has 0 fully saturated rings. The Morgan fingerprint density at radius 1 is 1.03 bits per heavy atom. The van der Waals surface area contributed by atoms with E-state index in [2.05, 4.69) is 20.5 Å². The number of aryl methyl sites for hydroxylation is 1. The second-order valence-electron chi connectivity index (χ2n) is 8.89. The molecule has 0 saturated carbocycles. The maximum atomic E-state index is 12.4. The van der Waals surface area contributed by atoms with Crippen LogP contribution in [-0.2, 0) is 4.79 Å². The molecule has 7 nitrogen and oxygen atoms in total. The van der Waals surface area contributed by atoms with Gasteiger partial charge >= 0.3 is 0 Å². The molecule has 0 spiro atoms. The maximum Gasteiger partial charge on any atom is 0.257 e. The topological polar surface area (TPSA) is 101 Å². The van der Waals surface area contributed by atoms with Crippen molar-refractivity contribution < 1.29 is 14.0 Å². The van der Waals surface area contributed by atoms with Crippen LogP contribution in [0.5, 0.6) is 0 Å². The number of carbonyl (C=O) groups excluding carboxylic acids is 2. The molecule has 0 radical (unpaired) electrons. The minimum atomic E-state index is -0.390. The smallest absolute Gasteiger partial charge is 0.257 e. The Kier molecular flexibility index (Phi) is 6.88. The molecule has 0 aliphatic heterocycles. The van der Waals surface area contributed by atoms with Gasteiger partial charge in [0.15, 0.2) is 5.58 Å². The van der Waals surface area contributed by atoms with Crippen LogP contribution in [0.25, 0.3) is 44.9 Å². The number of aromatic amines is 1. The summed E-state index contributed by atoms with van der Waals surface area (Å²) < 4.78 is 6.02. The number of hydrogen-bond donors (Lipinski definition) is 2. The van der Waals surface area contributed by atoms with Crippen LogP contribution in [-0.4, -0.2) is 27.0 Å². The second kappa shape index (κ2) is 10.4. The zero-order valence-electron chi connectivity index (χ0n) is 20.5. The highest BCUT2D eigenvalue weighted by Crippen LogP contribution is 2.34. The van der Waals surface area contributed by atoms with E-state index in [0.29, 0.717) is 34.0 Å². The summed E-state index contributed by atoms with van der Waals surface area (Å²) in [4.78, 5) is 28.9. The Morgan fingerprint density at radius 3 is 2.59 bits per heavy atom. The summed E-state index contributed by atoms with van der Waals surface area (Å²) in [6, 6.07) is 18.8. The van der Waals surface area contributed by atoms with Crippen LogP contribution in [0.1, 0.15) is 42.1 Å². The van der Waals surface area contributed by atoms with Gasteiger partial charge in [-0.05, 0) is 60.4 Å². The molecule has 0 aliphatic carbocycles. The number of unbranched alkanes of at least 4 members (excludes halogenated alkanes) is 1. The van der Waals surface area contributed by atoms with Crippen molar-refractivity contribution >= 4 is 34.5 Å². The van der Waals surface area contributed by atoms with Gasteiger partial charge in [0.05, 0.1) is 17.5 Å². The van der Waals surface area contributed by atoms with Crippen LogP contribution in [0.2, 0.25) is 5.02 Å². The molecule has 2 amide bonds. The number of halogens is 1. The molecule has 3 aromatic carbocycles. The number of aromatic nitrogens is 3. The summed E-state index contributed by atoms with van der Waals surface area (Å²) in [7, 11) is 0. The molecule has 5 aromatic rings. The number of rotatable bonds is 7. The van der Waals surface area contributed by atoms with E-state index in [4.69, 9.17) is 16.0 Å². The average Bonchev–Trinajstić information content (AvgIpc) is 3.55. The highest BCUT2D eigenvalue weighted by Gasteiger charge is 2.17. The van der Waals surface area contributed by atoms with Crippen molar-refractivity contribution in [3.8, 4) is 33.8 Å². The fourth-order valence-electron chi connectivity index (χ4n) is 4.10. The summed E-state index contributed by atoms with van der Waals surface area (Å²) in [5, 5.41) is 10.4. The minimum absolute atomic E-state index is 0.254. The van der Waals surface area contributed by atoms with Crippen LogP contribution in [0.3, 0.4) is 0 Å². The Bertz CT molecular complexity index is 1560. The van der Waals surface area contributed by atoms with Crippen molar-refractivity contribution in [3.63, 3.8) is 0 Å². The number of oxazole rings is 1. The first-order valence-corrected chi connectivity index (χ1v) is 12.5. The van der Waals surface area contributed by atoms with Crippen molar-refractivity contribution in [2.24, 2.45) is 0 Å². The predicted octanol–water partition coefficient (Wildman–Crippen LogP) is 6.96. The van der Waals surface area contributed by atoms with Crippen LogP contribution in [0.15, 0.2) is 71.3 Å². The van der Waals surface area contributed by atoms with Crippen molar-refractivity contribution in [1.82, 2.24) is 20.5 Å². The van der Waals surface area contributed by atoms with Gasteiger partial charge < -0.3 is 4.42 Å². The number of carbonyl (C=O) groups is 2. The Hall–Kier alpha value is -4.23. The second-order valence-corrected chi connectivity index (χ2v) is 9.29. The van der Waals surface area contributed by atoms with E-state index in [1.54, 1.807) is 24.4 Å². The third-order valence-electron chi connectivity index (χ3n) is 6.18. The lowest BCUT2D eigenvalue weighted by atomic mass is 9.99. The van der Waals surface area contributed by atoms with E-state index in [1.807, 2.05) is 56.3 Å². The third-order valence-corrected chi connectivity index (χ3v) is 6.59. The molecule has 37 heavy (non-hydrogen) atoms. The summed E-state index contributed by atoms with van der Waals surface area (Å²) in [6.45, 7) is 3.92. The normalized spacial score (nSPS) is 11.1. The molecular formula is C29H25ClN4O3. The first-order chi connectivity index (χ1) is 17.9. The van der Waals surface area contributed by atoms with Gasteiger partial charge in [-0.25, -0.2) is 4.98 Å². The van der Waals surface area contributed by atoms with E-state index in [0.717, 1.165) is 46.4 Å². The van der Waals surface area contributed by atoms with Crippen molar-refractivity contribution in [3.05, 3.63) is 83.0 Å². The Labute approximate surface area is 218 Å². The lowest BCUT2D eigenvalue weighted by Gasteiger charge is -2.08. The number of benzene rings is 3. The van der Waals surface area contributed by atoms with Crippen molar-refractivity contribution in [2.75, 3.05) is 0 Å². The van der Waals surface area contributed by atoms with Crippen LogP contribution in [0, 0.1) is 6.92 Å². The van der Waals surface area contributed by atoms with Gasteiger partial charge in [-0.3, -0.25) is 20.0 Å². The van der Waals surface area contributed by atoms with E-state index < -0.39 is 5.91 Å². The molecule has 186 valence electrons. The Morgan fingerprint density at radius 2 is 1.81 bits per heavy atom. The zero-order chi connectivity index (χ0) is 25.9. The highest BCUT2D eigenvalue weighted by atomic mass is 35.5. The molecule has 2 heterocycles. The van der Waals surface area contributed by atoms with E-state index in [-0.39, 0.29) is 5.91 Å². The molecule has 2 N–H and O–H groups in total. The average molecular weight is 513 g/mol. The van der Waals surface area contributed by atoms with E-state index >= 15 is 0 Å². The number of imide groups is 1. The fraction of sp³-hybridized carbons (Fsp3) is 0.172. The van der Waals surface area contributed by atoms with E-state index in [1.165, 1.54) is 0 Å². The number of nitrogens with zero attached hydrogens (tertiary/aromatic N) is 2. The number of hydrogen-bond acceptors (Lipinski definition) is 5.